The Kier molecular flexibility index (Phi) is 4.38. The molecule has 0 radical (unpaired) electrons. The molecule has 4 heteroatoms. The lowest BCUT2D eigenvalue weighted by Crippen LogP contribution is -2.35. The molecular weight excluding hydrogens is 228 g/mol. The highest BCUT2D eigenvalue weighted by molar-refractivity contribution is 8.76. The Morgan fingerprint density at radius 2 is 1.93 bits per heavy atom. The van der Waals surface area contributed by atoms with E-state index >= 15 is 0 Å². The van der Waals surface area contributed by atoms with E-state index in [2.05, 4.69) is 0 Å². The fourth-order valence-electron chi connectivity index (χ4n) is 1.39. The molecule has 0 aromatic heterocycles. The first-order valence-corrected chi connectivity index (χ1v) is 7.43. The summed E-state index contributed by atoms with van der Waals surface area (Å²) in [6, 6.07) is 10.1. The van der Waals surface area contributed by atoms with Gasteiger partial charge in [0.05, 0.1) is 18.8 Å². The van der Waals surface area contributed by atoms with Crippen molar-refractivity contribution in [2.75, 3.05) is 11.5 Å². The second-order valence-corrected chi connectivity index (χ2v) is 6.02. The SMILES string of the molecule is O[C@@H]1CSSC[C@H]1OCc1ccccc1. The molecule has 0 unspecified atom stereocenters. The second-order valence-electron chi connectivity index (χ2n) is 3.47. The van der Waals surface area contributed by atoms with Gasteiger partial charge in [-0.2, -0.15) is 0 Å². The van der Waals surface area contributed by atoms with Crippen molar-refractivity contribution in [3.05, 3.63) is 35.9 Å². The fraction of sp³-hybridized carbons (Fsp3) is 0.455. The lowest BCUT2D eigenvalue weighted by molar-refractivity contribution is -0.0225. The van der Waals surface area contributed by atoms with Crippen LogP contribution in [0.3, 0.4) is 0 Å². The van der Waals surface area contributed by atoms with Crippen molar-refractivity contribution in [3.63, 3.8) is 0 Å². The standard InChI is InChI=1S/C11H14O2S2/c12-10-7-14-15-8-11(10)13-6-9-4-2-1-3-5-9/h1-5,10-12H,6-8H2/t10-,11-/m1/s1. The van der Waals surface area contributed by atoms with Gasteiger partial charge in [-0.15, -0.1) is 0 Å². The molecule has 1 fully saturated rings. The molecule has 0 saturated carbocycles. The van der Waals surface area contributed by atoms with E-state index in [4.69, 9.17) is 4.74 Å². The van der Waals surface area contributed by atoms with Crippen LogP contribution in [0.5, 0.6) is 0 Å². The van der Waals surface area contributed by atoms with Crippen LogP contribution in [0, 0.1) is 0 Å². The van der Waals surface area contributed by atoms with Crippen molar-refractivity contribution >= 4 is 21.6 Å². The zero-order valence-electron chi connectivity index (χ0n) is 8.33. The number of hydrogen-bond acceptors (Lipinski definition) is 4. The van der Waals surface area contributed by atoms with Crippen LogP contribution in [-0.4, -0.2) is 28.8 Å². The van der Waals surface area contributed by atoms with Gasteiger partial charge in [-0.1, -0.05) is 51.9 Å². The molecule has 0 amide bonds. The van der Waals surface area contributed by atoms with Crippen molar-refractivity contribution in [1.29, 1.82) is 0 Å². The Balaban J connectivity index is 1.82. The van der Waals surface area contributed by atoms with Crippen molar-refractivity contribution in [1.82, 2.24) is 0 Å². The van der Waals surface area contributed by atoms with Crippen molar-refractivity contribution in [2.45, 2.75) is 18.8 Å². The summed E-state index contributed by atoms with van der Waals surface area (Å²) in [6.45, 7) is 0.591. The van der Waals surface area contributed by atoms with Gasteiger partial charge < -0.3 is 9.84 Å². The normalized spacial score (nSPS) is 26.5. The first-order chi connectivity index (χ1) is 7.36. The van der Waals surface area contributed by atoms with Crippen LogP contribution in [0.2, 0.25) is 0 Å². The number of aliphatic hydroxyl groups is 1. The predicted molar refractivity (Wildman–Crippen MR) is 65.9 cm³/mol. The number of hydrogen-bond donors (Lipinski definition) is 1. The van der Waals surface area contributed by atoms with Gasteiger partial charge in [0.1, 0.15) is 0 Å². The van der Waals surface area contributed by atoms with Gasteiger partial charge in [0, 0.05) is 11.5 Å². The molecule has 2 atom stereocenters. The van der Waals surface area contributed by atoms with Crippen LogP contribution in [0.15, 0.2) is 30.3 Å². The van der Waals surface area contributed by atoms with Crippen LogP contribution in [0.25, 0.3) is 0 Å². The Hall–Kier alpha value is -0.160. The van der Waals surface area contributed by atoms with Gasteiger partial charge in [0.25, 0.3) is 0 Å². The highest BCUT2D eigenvalue weighted by Gasteiger charge is 2.24. The maximum atomic E-state index is 9.69. The van der Waals surface area contributed by atoms with E-state index in [1.165, 1.54) is 0 Å². The van der Waals surface area contributed by atoms with Gasteiger partial charge in [-0.25, -0.2) is 0 Å². The lowest BCUT2D eigenvalue weighted by Gasteiger charge is -2.26. The molecular formula is C11H14O2S2. The fourth-order valence-corrected chi connectivity index (χ4v) is 3.79. The van der Waals surface area contributed by atoms with Gasteiger partial charge in [0.2, 0.25) is 0 Å². The van der Waals surface area contributed by atoms with Crippen LogP contribution < -0.4 is 0 Å². The van der Waals surface area contributed by atoms with E-state index in [0.29, 0.717) is 6.61 Å². The molecule has 1 saturated heterocycles. The third-order valence-corrected chi connectivity index (χ3v) is 4.72. The second kappa shape index (κ2) is 5.80. The predicted octanol–water partition coefficient (Wildman–Crippen LogP) is 2.33. The minimum absolute atomic E-state index is 0.0172. The molecule has 1 N–H and O–H groups in total. The average Bonchev–Trinajstić information content (AvgIpc) is 2.29. The Bertz CT molecular complexity index is 292. The number of aliphatic hydroxyl groups excluding tert-OH is 1. The summed E-state index contributed by atoms with van der Waals surface area (Å²) in [6.07, 6.45) is -0.337. The summed E-state index contributed by atoms with van der Waals surface area (Å²) in [7, 11) is 3.49. The van der Waals surface area contributed by atoms with Crippen molar-refractivity contribution in [3.8, 4) is 0 Å². The van der Waals surface area contributed by atoms with E-state index < -0.39 is 0 Å². The quantitative estimate of drug-likeness (QED) is 0.824. The number of benzene rings is 1. The average molecular weight is 242 g/mol. The summed E-state index contributed by atoms with van der Waals surface area (Å²) in [4.78, 5) is 0. The molecule has 1 aliphatic heterocycles. The van der Waals surface area contributed by atoms with Crippen LogP contribution in [0.1, 0.15) is 5.56 Å². The smallest absolute Gasteiger partial charge is 0.0945 e. The molecule has 0 bridgehead atoms. The van der Waals surface area contributed by atoms with Crippen molar-refractivity contribution < 1.29 is 9.84 Å². The monoisotopic (exact) mass is 242 g/mol. The van der Waals surface area contributed by atoms with E-state index in [1.807, 2.05) is 30.3 Å². The van der Waals surface area contributed by atoms with E-state index in [1.54, 1.807) is 21.6 Å². The van der Waals surface area contributed by atoms with Crippen molar-refractivity contribution in [2.24, 2.45) is 0 Å². The zero-order chi connectivity index (χ0) is 10.5. The van der Waals surface area contributed by atoms with E-state index in [0.717, 1.165) is 17.1 Å². The largest absolute Gasteiger partial charge is 0.389 e. The molecule has 1 heterocycles. The minimum Gasteiger partial charge on any atom is -0.389 e. The molecule has 1 aromatic carbocycles. The van der Waals surface area contributed by atoms with Gasteiger partial charge in [-0.05, 0) is 5.56 Å². The highest BCUT2D eigenvalue weighted by Crippen LogP contribution is 2.31. The highest BCUT2D eigenvalue weighted by atomic mass is 33.1. The molecule has 2 nitrogen and oxygen atoms in total. The van der Waals surface area contributed by atoms with Crippen LogP contribution in [0.4, 0.5) is 0 Å². The van der Waals surface area contributed by atoms with Crippen LogP contribution >= 0.6 is 21.6 Å². The van der Waals surface area contributed by atoms with Crippen LogP contribution in [-0.2, 0) is 11.3 Å². The van der Waals surface area contributed by atoms with Gasteiger partial charge >= 0.3 is 0 Å². The number of rotatable bonds is 3. The molecule has 2 rings (SSSR count). The summed E-state index contributed by atoms with van der Waals surface area (Å²) in [5.74, 6) is 1.64. The molecule has 82 valence electrons. The summed E-state index contributed by atoms with van der Waals surface area (Å²) in [5.41, 5.74) is 1.16. The Morgan fingerprint density at radius 1 is 1.20 bits per heavy atom. The van der Waals surface area contributed by atoms with E-state index in [9.17, 15) is 5.11 Å². The summed E-state index contributed by atoms with van der Waals surface area (Å²) >= 11 is 0. The first-order valence-electron chi connectivity index (χ1n) is 4.94. The molecule has 0 spiro atoms. The molecule has 15 heavy (non-hydrogen) atoms. The lowest BCUT2D eigenvalue weighted by atomic mass is 10.2. The molecule has 1 aromatic rings. The summed E-state index contributed by atoms with van der Waals surface area (Å²) < 4.78 is 5.70. The van der Waals surface area contributed by atoms with E-state index in [-0.39, 0.29) is 12.2 Å². The summed E-state index contributed by atoms with van der Waals surface area (Å²) in [5, 5.41) is 9.69. The Morgan fingerprint density at radius 3 is 2.67 bits per heavy atom. The Labute approximate surface area is 97.8 Å². The minimum atomic E-state index is -0.319. The maximum Gasteiger partial charge on any atom is 0.0945 e. The number of ether oxygens (including phenoxy) is 1. The zero-order valence-corrected chi connectivity index (χ0v) is 9.97. The first kappa shape index (κ1) is 11.3. The molecule has 1 aliphatic rings. The third-order valence-electron chi connectivity index (χ3n) is 2.29. The third kappa shape index (κ3) is 3.41. The van der Waals surface area contributed by atoms with Gasteiger partial charge in [0.15, 0.2) is 0 Å². The van der Waals surface area contributed by atoms with Gasteiger partial charge in [-0.3, -0.25) is 0 Å². The topological polar surface area (TPSA) is 29.5 Å². The molecule has 0 aliphatic carbocycles. The maximum absolute atomic E-state index is 9.69.